The van der Waals surface area contributed by atoms with E-state index in [0.29, 0.717) is 43.8 Å². The van der Waals surface area contributed by atoms with E-state index in [4.69, 9.17) is 10.2 Å². The normalized spacial score (nSPS) is 11.8. The summed E-state index contributed by atoms with van der Waals surface area (Å²) in [7, 11) is -3.59. The Bertz CT molecular complexity index is 1330. The van der Waals surface area contributed by atoms with Crippen molar-refractivity contribution in [2.24, 2.45) is 0 Å². The second-order valence-electron chi connectivity index (χ2n) is 8.27. The van der Waals surface area contributed by atoms with E-state index >= 15 is 0 Å². The SMILES string of the molecule is CCCn1c(CCC(=O)Nc2cc(C)nn2CCC#N)nc2cc(S(=O)(=O)N(CC)CC)ccc21. The Morgan fingerprint density at radius 3 is 2.57 bits per heavy atom. The highest BCUT2D eigenvalue weighted by Crippen LogP contribution is 2.24. The van der Waals surface area contributed by atoms with Crippen LogP contribution in [0.5, 0.6) is 0 Å². The number of carbonyl (C=O) groups is 1. The zero-order valence-corrected chi connectivity index (χ0v) is 21.6. The van der Waals surface area contributed by atoms with Crippen molar-refractivity contribution in [2.45, 2.75) is 71.4 Å². The molecule has 11 heteroatoms. The molecule has 3 rings (SSSR count). The number of nitriles is 1. The van der Waals surface area contributed by atoms with E-state index in [1.54, 1.807) is 28.9 Å². The van der Waals surface area contributed by atoms with E-state index in [1.807, 2.05) is 20.8 Å². The number of aryl methyl sites for hydroxylation is 4. The Morgan fingerprint density at radius 1 is 1.17 bits per heavy atom. The van der Waals surface area contributed by atoms with Crippen molar-refractivity contribution in [3.63, 3.8) is 0 Å². The number of nitrogens with one attached hydrogen (secondary N) is 1. The highest BCUT2D eigenvalue weighted by molar-refractivity contribution is 7.89. The summed E-state index contributed by atoms with van der Waals surface area (Å²) in [5.74, 6) is 1.13. The predicted octanol–water partition coefficient (Wildman–Crippen LogP) is 3.47. The molecule has 2 aromatic heterocycles. The van der Waals surface area contributed by atoms with Crippen LogP contribution in [-0.2, 0) is 34.3 Å². The van der Waals surface area contributed by atoms with Gasteiger partial charge in [0.15, 0.2) is 0 Å². The van der Waals surface area contributed by atoms with Gasteiger partial charge in [-0.15, -0.1) is 0 Å². The molecule has 188 valence electrons. The lowest BCUT2D eigenvalue weighted by molar-refractivity contribution is -0.116. The van der Waals surface area contributed by atoms with Gasteiger partial charge in [-0.1, -0.05) is 20.8 Å². The summed E-state index contributed by atoms with van der Waals surface area (Å²) in [5, 5.41) is 16.0. The average molecular weight is 500 g/mol. The van der Waals surface area contributed by atoms with Crippen LogP contribution in [0.4, 0.5) is 5.82 Å². The van der Waals surface area contributed by atoms with Gasteiger partial charge in [-0.2, -0.15) is 14.7 Å². The molecule has 35 heavy (non-hydrogen) atoms. The fraction of sp³-hybridized carbons (Fsp3) is 0.500. The van der Waals surface area contributed by atoms with Gasteiger partial charge in [0.2, 0.25) is 15.9 Å². The molecular formula is C24H33N7O3S. The summed E-state index contributed by atoms with van der Waals surface area (Å²) in [4.78, 5) is 17.6. The Kier molecular flexibility index (Phi) is 8.64. The van der Waals surface area contributed by atoms with Crippen LogP contribution in [0.25, 0.3) is 11.0 Å². The molecule has 0 saturated carbocycles. The van der Waals surface area contributed by atoms with Crippen LogP contribution in [0.3, 0.4) is 0 Å². The first-order valence-corrected chi connectivity index (χ1v) is 13.4. The number of amides is 1. The number of anilines is 1. The summed E-state index contributed by atoms with van der Waals surface area (Å²) < 4.78 is 31.0. The van der Waals surface area contributed by atoms with Gasteiger partial charge in [0.1, 0.15) is 11.6 Å². The van der Waals surface area contributed by atoms with Crippen molar-refractivity contribution < 1.29 is 13.2 Å². The van der Waals surface area contributed by atoms with Gasteiger partial charge >= 0.3 is 0 Å². The van der Waals surface area contributed by atoms with Crippen molar-refractivity contribution in [3.05, 3.63) is 35.8 Å². The number of imidazole rings is 1. The van der Waals surface area contributed by atoms with Crippen LogP contribution in [0.2, 0.25) is 0 Å². The molecule has 0 aliphatic heterocycles. The van der Waals surface area contributed by atoms with Crippen molar-refractivity contribution in [1.29, 1.82) is 5.26 Å². The zero-order valence-electron chi connectivity index (χ0n) is 20.8. The van der Waals surface area contributed by atoms with E-state index in [2.05, 4.69) is 28.0 Å². The molecule has 0 saturated heterocycles. The van der Waals surface area contributed by atoms with Gasteiger partial charge in [-0.25, -0.2) is 18.1 Å². The molecule has 0 radical (unpaired) electrons. The molecule has 1 N–H and O–H groups in total. The largest absolute Gasteiger partial charge is 0.328 e. The molecule has 1 amide bonds. The fourth-order valence-electron chi connectivity index (χ4n) is 4.10. The van der Waals surface area contributed by atoms with Gasteiger partial charge in [0.05, 0.1) is 40.7 Å². The van der Waals surface area contributed by atoms with Gasteiger partial charge in [-0.3, -0.25) is 4.79 Å². The summed E-state index contributed by atoms with van der Waals surface area (Å²) in [6.07, 6.45) is 1.79. The van der Waals surface area contributed by atoms with E-state index in [0.717, 1.165) is 30.0 Å². The molecule has 3 aromatic rings. The first kappa shape index (κ1) is 26.4. The lowest BCUT2D eigenvalue weighted by atomic mass is 10.2. The minimum atomic E-state index is -3.59. The summed E-state index contributed by atoms with van der Waals surface area (Å²) >= 11 is 0. The predicted molar refractivity (Wildman–Crippen MR) is 134 cm³/mol. The third-order valence-corrected chi connectivity index (χ3v) is 7.82. The number of aromatic nitrogens is 4. The topological polar surface area (TPSA) is 126 Å². The number of nitrogens with zero attached hydrogens (tertiary/aromatic N) is 6. The zero-order chi connectivity index (χ0) is 25.6. The highest BCUT2D eigenvalue weighted by Gasteiger charge is 2.23. The monoisotopic (exact) mass is 499 g/mol. The van der Waals surface area contributed by atoms with Gasteiger partial charge in [0, 0.05) is 38.5 Å². The molecule has 1 aromatic carbocycles. The van der Waals surface area contributed by atoms with E-state index in [-0.39, 0.29) is 17.2 Å². The number of benzene rings is 1. The van der Waals surface area contributed by atoms with Crippen molar-refractivity contribution in [1.82, 2.24) is 23.6 Å². The average Bonchev–Trinajstić information content (AvgIpc) is 3.35. The first-order valence-electron chi connectivity index (χ1n) is 12.0. The maximum Gasteiger partial charge on any atom is 0.243 e. The maximum absolute atomic E-state index is 13.0. The first-order chi connectivity index (χ1) is 16.7. The highest BCUT2D eigenvalue weighted by atomic mass is 32.2. The number of hydrogen-bond acceptors (Lipinski definition) is 6. The van der Waals surface area contributed by atoms with Gasteiger partial charge in [0.25, 0.3) is 0 Å². The minimum Gasteiger partial charge on any atom is -0.328 e. The van der Waals surface area contributed by atoms with Crippen molar-refractivity contribution >= 4 is 32.8 Å². The van der Waals surface area contributed by atoms with E-state index in [1.165, 1.54) is 4.31 Å². The smallest absolute Gasteiger partial charge is 0.243 e. The van der Waals surface area contributed by atoms with E-state index < -0.39 is 10.0 Å². The second-order valence-corrected chi connectivity index (χ2v) is 10.2. The van der Waals surface area contributed by atoms with Crippen LogP contribution in [0.15, 0.2) is 29.2 Å². The van der Waals surface area contributed by atoms with Crippen molar-refractivity contribution in [2.75, 3.05) is 18.4 Å². The molecular weight excluding hydrogens is 466 g/mol. The maximum atomic E-state index is 13.0. The third kappa shape index (κ3) is 5.89. The fourth-order valence-corrected chi connectivity index (χ4v) is 5.58. The van der Waals surface area contributed by atoms with Crippen LogP contribution in [-0.4, -0.2) is 51.1 Å². The number of hydrogen-bond donors (Lipinski definition) is 1. The molecule has 0 bridgehead atoms. The minimum absolute atomic E-state index is 0.178. The number of carbonyl (C=O) groups excluding carboxylic acids is 1. The van der Waals surface area contributed by atoms with Gasteiger partial charge < -0.3 is 9.88 Å². The molecule has 0 fully saturated rings. The van der Waals surface area contributed by atoms with E-state index in [9.17, 15) is 13.2 Å². The lowest BCUT2D eigenvalue weighted by Gasteiger charge is -2.18. The Balaban J connectivity index is 1.81. The summed E-state index contributed by atoms with van der Waals surface area (Å²) in [6, 6.07) is 8.91. The number of fused-ring (bicyclic) bond motifs is 1. The molecule has 0 aliphatic rings. The van der Waals surface area contributed by atoms with Crippen LogP contribution >= 0.6 is 0 Å². The lowest BCUT2D eigenvalue weighted by Crippen LogP contribution is -2.30. The third-order valence-electron chi connectivity index (χ3n) is 5.77. The standard InChI is InChI=1S/C24H33N7O3S/c1-5-14-30-21-10-9-19(35(33,34)29(6-2)7-3)17-20(21)26-22(30)11-12-24(32)27-23-16-18(4)28-31(23)15-8-13-25/h9-10,16-17H,5-8,11-12,14-15H2,1-4H3,(H,27,32). The molecule has 0 aliphatic carbocycles. The number of rotatable bonds is 12. The molecule has 2 heterocycles. The molecule has 10 nitrogen and oxygen atoms in total. The number of sulfonamides is 1. The molecule has 0 atom stereocenters. The quantitative estimate of drug-likeness (QED) is 0.407. The van der Waals surface area contributed by atoms with Crippen LogP contribution in [0.1, 0.15) is 51.6 Å². The van der Waals surface area contributed by atoms with Crippen molar-refractivity contribution in [3.8, 4) is 6.07 Å². The van der Waals surface area contributed by atoms with Crippen LogP contribution < -0.4 is 5.32 Å². The summed E-state index contributed by atoms with van der Waals surface area (Å²) in [6.45, 7) is 9.45. The summed E-state index contributed by atoms with van der Waals surface area (Å²) in [5.41, 5.74) is 2.22. The Morgan fingerprint density at radius 2 is 1.91 bits per heavy atom. The Labute approximate surface area is 206 Å². The second kappa shape index (κ2) is 11.5. The molecule has 0 unspecified atom stereocenters. The Hall–Kier alpha value is -3.23. The molecule has 0 spiro atoms. The van der Waals surface area contributed by atoms with Crippen LogP contribution in [0, 0.1) is 18.3 Å². The van der Waals surface area contributed by atoms with Gasteiger partial charge in [-0.05, 0) is 31.5 Å².